The van der Waals surface area contributed by atoms with Gasteiger partial charge in [-0.15, -0.1) is 0 Å². The molecular formula is C26H19N. The lowest BCUT2D eigenvalue weighted by atomic mass is 9.87. The standard InChI is InChI=1S/C26H19N/c27-26-23-14-8-7-13-20(23)17-21-15-16-22(18-9-3-1-4-10-18)24(25(21)26)19-11-5-2-6-12-19/h1-17H,27H2. The van der Waals surface area contributed by atoms with Gasteiger partial charge in [-0.25, -0.2) is 0 Å². The van der Waals surface area contributed by atoms with Gasteiger partial charge < -0.3 is 5.73 Å². The van der Waals surface area contributed by atoms with E-state index in [2.05, 4.69) is 97.1 Å². The van der Waals surface area contributed by atoms with Crippen LogP contribution in [0.25, 0.3) is 43.8 Å². The first kappa shape index (κ1) is 15.7. The number of nitrogens with two attached hydrogens (primary N) is 1. The molecular weight excluding hydrogens is 326 g/mol. The summed E-state index contributed by atoms with van der Waals surface area (Å²) < 4.78 is 0. The molecule has 0 aliphatic rings. The Morgan fingerprint density at radius 2 is 1.15 bits per heavy atom. The molecule has 0 bridgehead atoms. The lowest BCUT2D eigenvalue weighted by Crippen LogP contribution is -1.94. The highest BCUT2D eigenvalue weighted by atomic mass is 14.6. The fraction of sp³-hybridized carbons (Fsp3) is 0. The minimum atomic E-state index is 0.847. The van der Waals surface area contributed by atoms with Crippen LogP contribution in [0.3, 0.4) is 0 Å². The van der Waals surface area contributed by atoms with E-state index in [1.54, 1.807) is 0 Å². The largest absolute Gasteiger partial charge is 0.398 e. The van der Waals surface area contributed by atoms with Crippen molar-refractivity contribution >= 4 is 27.2 Å². The summed E-state index contributed by atoms with van der Waals surface area (Å²) in [6, 6.07) is 36.1. The fourth-order valence-corrected chi connectivity index (χ4v) is 3.96. The molecule has 0 amide bonds. The summed E-state index contributed by atoms with van der Waals surface area (Å²) in [5, 5.41) is 4.58. The van der Waals surface area contributed by atoms with Crippen LogP contribution in [0.1, 0.15) is 0 Å². The van der Waals surface area contributed by atoms with Gasteiger partial charge in [-0.05, 0) is 39.1 Å². The van der Waals surface area contributed by atoms with Crippen molar-refractivity contribution in [2.75, 3.05) is 5.73 Å². The average Bonchev–Trinajstić information content (AvgIpc) is 2.74. The van der Waals surface area contributed by atoms with E-state index in [1.807, 2.05) is 6.07 Å². The van der Waals surface area contributed by atoms with E-state index >= 15 is 0 Å². The summed E-state index contributed by atoms with van der Waals surface area (Å²) in [7, 11) is 0. The van der Waals surface area contributed by atoms with Crippen molar-refractivity contribution in [2.45, 2.75) is 0 Å². The van der Waals surface area contributed by atoms with Crippen LogP contribution in [0.2, 0.25) is 0 Å². The van der Waals surface area contributed by atoms with Gasteiger partial charge >= 0.3 is 0 Å². The molecule has 128 valence electrons. The number of hydrogen-bond donors (Lipinski definition) is 1. The Bertz CT molecular complexity index is 1260. The molecule has 27 heavy (non-hydrogen) atoms. The van der Waals surface area contributed by atoms with Crippen molar-refractivity contribution in [1.29, 1.82) is 0 Å². The van der Waals surface area contributed by atoms with Gasteiger partial charge in [0.15, 0.2) is 0 Å². The van der Waals surface area contributed by atoms with Crippen molar-refractivity contribution in [3.05, 3.63) is 103 Å². The third-order valence-electron chi connectivity index (χ3n) is 5.22. The van der Waals surface area contributed by atoms with E-state index in [-0.39, 0.29) is 0 Å². The summed E-state index contributed by atoms with van der Waals surface area (Å²) in [6.07, 6.45) is 0. The van der Waals surface area contributed by atoms with Crippen molar-refractivity contribution in [3.8, 4) is 22.3 Å². The van der Waals surface area contributed by atoms with Crippen molar-refractivity contribution in [1.82, 2.24) is 0 Å². The van der Waals surface area contributed by atoms with Gasteiger partial charge in [-0.3, -0.25) is 0 Å². The first-order valence-corrected chi connectivity index (χ1v) is 9.18. The number of rotatable bonds is 2. The van der Waals surface area contributed by atoms with Crippen LogP contribution in [-0.2, 0) is 0 Å². The smallest absolute Gasteiger partial charge is 0.0479 e. The minimum absolute atomic E-state index is 0.847. The highest BCUT2D eigenvalue weighted by molar-refractivity contribution is 6.17. The molecule has 0 aliphatic carbocycles. The fourth-order valence-electron chi connectivity index (χ4n) is 3.96. The third-order valence-corrected chi connectivity index (χ3v) is 5.22. The number of fused-ring (bicyclic) bond motifs is 2. The quantitative estimate of drug-likeness (QED) is 0.273. The van der Waals surface area contributed by atoms with Crippen LogP contribution in [0.4, 0.5) is 5.69 Å². The van der Waals surface area contributed by atoms with E-state index in [9.17, 15) is 0 Å². The SMILES string of the molecule is Nc1c2ccccc2cc2ccc(-c3ccccc3)c(-c3ccccc3)c12. The zero-order valence-electron chi connectivity index (χ0n) is 14.9. The Morgan fingerprint density at radius 1 is 0.519 bits per heavy atom. The maximum atomic E-state index is 6.74. The van der Waals surface area contributed by atoms with Gasteiger partial charge in [0.05, 0.1) is 0 Å². The molecule has 0 heterocycles. The Kier molecular flexibility index (Phi) is 3.65. The molecule has 1 nitrogen and oxygen atoms in total. The van der Waals surface area contributed by atoms with E-state index in [0.29, 0.717) is 0 Å². The molecule has 2 N–H and O–H groups in total. The minimum Gasteiger partial charge on any atom is -0.398 e. The van der Waals surface area contributed by atoms with Crippen molar-refractivity contribution in [2.24, 2.45) is 0 Å². The zero-order valence-corrected chi connectivity index (χ0v) is 14.9. The summed E-state index contributed by atoms with van der Waals surface area (Å²) in [5.41, 5.74) is 12.4. The molecule has 5 aromatic carbocycles. The molecule has 0 radical (unpaired) electrons. The Balaban J connectivity index is 1.97. The second-order valence-corrected chi connectivity index (χ2v) is 6.83. The Labute approximate surface area is 158 Å². The van der Waals surface area contributed by atoms with Gasteiger partial charge in [0, 0.05) is 16.5 Å². The van der Waals surface area contributed by atoms with Gasteiger partial charge in [0.1, 0.15) is 0 Å². The summed E-state index contributed by atoms with van der Waals surface area (Å²) in [6.45, 7) is 0. The maximum Gasteiger partial charge on any atom is 0.0479 e. The normalized spacial score (nSPS) is 11.1. The molecule has 5 aromatic rings. The van der Waals surface area contributed by atoms with Crippen LogP contribution >= 0.6 is 0 Å². The van der Waals surface area contributed by atoms with E-state index in [4.69, 9.17) is 5.73 Å². The van der Waals surface area contributed by atoms with Crippen LogP contribution in [-0.4, -0.2) is 0 Å². The van der Waals surface area contributed by atoms with Gasteiger partial charge in [-0.1, -0.05) is 97.1 Å². The first-order valence-electron chi connectivity index (χ1n) is 9.18. The van der Waals surface area contributed by atoms with E-state index in [1.165, 1.54) is 33.0 Å². The average molecular weight is 345 g/mol. The zero-order chi connectivity index (χ0) is 18.2. The number of anilines is 1. The van der Waals surface area contributed by atoms with Crippen LogP contribution < -0.4 is 5.73 Å². The highest BCUT2D eigenvalue weighted by Gasteiger charge is 2.15. The Hall–Kier alpha value is -3.58. The van der Waals surface area contributed by atoms with E-state index < -0.39 is 0 Å². The van der Waals surface area contributed by atoms with Gasteiger partial charge in [-0.2, -0.15) is 0 Å². The number of nitrogen functional groups attached to an aromatic ring is 1. The molecule has 0 aliphatic heterocycles. The second-order valence-electron chi connectivity index (χ2n) is 6.83. The van der Waals surface area contributed by atoms with E-state index in [0.717, 1.165) is 16.5 Å². The topological polar surface area (TPSA) is 26.0 Å². The van der Waals surface area contributed by atoms with Crippen molar-refractivity contribution < 1.29 is 0 Å². The predicted molar refractivity (Wildman–Crippen MR) is 117 cm³/mol. The molecule has 1 heteroatoms. The monoisotopic (exact) mass is 345 g/mol. The molecule has 0 aromatic heterocycles. The lowest BCUT2D eigenvalue weighted by Gasteiger charge is -2.17. The third kappa shape index (κ3) is 2.56. The van der Waals surface area contributed by atoms with Crippen molar-refractivity contribution in [3.63, 3.8) is 0 Å². The molecule has 0 saturated carbocycles. The predicted octanol–water partition coefficient (Wildman–Crippen LogP) is 6.91. The number of benzene rings is 5. The van der Waals surface area contributed by atoms with Crippen LogP contribution in [0.15, 0.2) is 103 Å². The van der Waals surface area contributed by atoms with Gasteiger partial charge in [0.2, 0.25) is 0 Å². The summed E-state index contributed by atoms with van der Waals surface area (Å²) in [4.78, 5) is 0. The molecule has 0 atom stereocenters. The Morgan fingerprint density at radius 3 is 1.89 bits per heavy atom. The number of hydrogen-bond acceptors (Lipinski definition) is 1. The molecule has 0 fully saturated rings. The molecule has 5 rings (SSSR count). The van der Waals surface area contributed by atoms with Crippen LogP contribution in [0, 0.1) is 0 Å². The lowest BCUT2D eigenvalue weighted by molar-refractivity contribution is 1.61. The molecule has 0 unspecified atom stereocenters. The summed E-state index contributed by atoms with van der Waals surface area (Å²) in [5.74, 6) is 0. The van der Waals surface area contributed by atoms with Crippen LogP contribution in [0.5, 0.6) is 0 Å². The molecule has 0 saturated heterocycles. The highest BCUT2D eigenvalue weighted by Crippen LogP contribution is 2.42. The second kappa shape index (κ2) is 6.30. The first-order chi connectivity index (χ1) is 13.3. The molecule has 0 spiro atoms. The summed E-state index contributed by atoms with van der Waals surface area (Å²) >= 11 is 0. The van der Waals surface area contributed by atoms with Gasteiger partial charge in [0.25, 0.3) is 0 Å². The maximum absolute atomic E-state index is 6.74.